The highest BCUT2D eigenvalue weighted by molar-refractivity contribution is 6.75. The van der Waals surface area contributed by atoms with E-state index in [2.05, 4.69) is 67.7 Å². The van der Waals surface area contributed by atoms with Gasteiger partial charge in [0.1, 0.15) is 11.5 Å². The number of aliphatic hydroxyl groups excluding tert-OH is 1. The normalized spacial score (nSPS) is 14.9. The highest BCUT2D eigenvalue weighted by Gasteiger charge is 2.42. The fourth-order valence-electron chi connectivity index (χ4n) is 1.89. The minimum atomic E-state index is -2.04. The lowest BCUT2D eigenvalue weighted by molar-refractivity contribution is 0.186. The third kappa shape index (κ3) is 5.34. The Morgan fingerprint density at radius 3 is 1.69 bits per heavy atom. The van der Waals surface area contributed by atoms with E-state index in [-0.39, 0.29) is 16.6 Å². The van der Waals surface area contributed by atoms with E-state index in [4.69, 9.17) is 14.6 Å². The Morgan fingerprint density at radius 1 is 0.885 bits per heavy atom. The molecule has 6 heteroatoms. The molecule has 0 aromatic heterocycles. The van der Waals surface area contributed by atoms with Gasteiger partial charge in [-0.05, 0) is 54.0 Å². The SMILES string of the molecule is CC(C)(C)[Si](C)(C)Oc1ccc([C@H](O)CN)cc1O[Si](C)(C)C(C)(C)C. The summed E-state index contributed by atoms with van der Waals surface area (Å²) in [6.45, 7) is 22.4. The fourth-order valence-corrected chi connectivity index (χ4v) is 3.93. The summed E-state index contributed by atoms with van der Waals surface area (Å²) in [6, 6.07) is 5.72. The van der Waals surface area contributed by atoms with Crippen LogP contribution in [0.2, 0.25) is 36.3 Å². The van der Waals surface area contributed by atoms with E-state index in [1.54, 1.807) is 0 Å². The van der Waals surface area contributed by atoms with Crippen LogP contribution in [0.3, 0.4) is 0 Å². The second-order valence-corrected chi connectivity index (χ2v) is 19.6. The molecule has 0 heterocycles. The van der Waals surface area contributed by atoms with E-state index < -0.39 is 22.7 Å². The van der Waals surface area contributed by atoms with Gasteiger partial charge in [0.25, 0.3) is 16.6 Å². The molecule has 0 spiro atoms. The molecule has 0 fully saturated rings. The van der Waals surface area contributed by atoms with Crippen LogP contribution in [0.25, 0.3) is 0 Å². The van der Waals surface area contributed by atoms with Gasteiger partial charge in [0.05, 0.1) is 6.10 Å². The maximum absolute atomic E-state index is 10.2. The van der Waals surface area contributed by atoms with Gasteiger partial charge in [0, 0.05) is 6.54 Å². The van der Waals surface area contributed by atoms with Crippen molar-refractivity contribution in [3.05, 3.63) is 23.8 Å². The molecule has 3 N–H and O–H groups in total. The number of hydrogen-bond acceptors (Lipinski definition) is 4. The van der Waals surface area contributed by atoms with Gasteiger partial charge in [-0.2, -0.15) is 0 Å². The van der Waals surface area contributed by atoms with Gasteiger partial charge in [-0.3, -0.25) is 0 Å². The lowest BCUT2D eigenvalue weighted by Crippen LogP contribution is -2.45. The predicted octanol–water partition coefficient (Wildman–Crippen LogP) is 5.45. The molecule has 0 aliphatic rings. The van der Waals surface area contributed by atoms with E-state index in [9.17, 15) is 5.11 Å². The van der Waals surface area contributed by atoms with Crippen molar-refractivity contribution in [2.75, 3.05) is 6.54 Å². The van der Waals surface area contributed by atoms with Crippen LogP contribution < -0.4 is 14.6 Å². The molecule has 4 nitrogen and oxygen atoms in total. The molecule has 26 heavy (non-hydrogen) atoms. The molecule has 0 aliphatic carbocycles. The van der Waals surface area contributed by atoms with Crippen LogP contribution in [0.1, 0.15) is 53.2 Å². The summed E-state index contributed by atoms with van der Waals surface area (Å²) in [6.07, 6.45) is -0.696. The number of rotatable bonds is 6. The van der Waals surface area contributed by atoms with Crippen molar-refractivity contribution in [3.63, 3.8) is 0 Å². The van der Waals surface area contributed by atoms with Crippen LogP contribution in [-0.2, 0) is 0 Å². The molecule has 0 radical (unpaired) electrons. The largest absolute Gasteiger partial charge is 0.541 e. The molecule has 0 aliphatic heterocycles. The molecule has 0 saturated heterocycles. The lowest BCUT2D eigenvalue weighted by atomic mass is 10.1. The third-order valence-corrected chi connectivity index (χ3v) is 14.6. The van der Waals surface area contributed by atoms with Crippen LogP contribution in [0, 0.1) is 0 Å². The van der Waals surface area contributed by atoms with Gasteiger partial charge in [-0.1, -0.05) is 47.6 Å². The Morgan fingerprint density at radius 2 is 1.31 bits per heavy atom. The van der Waals surface area contributed by atoms with Crippen LogP contribution in [0.4, 0.5) is 0 Å². The minimum Gasteiger partial charge on any atom is -0.541 e. The fraction of sp³-hybridized carbons (Fsp3) is 0.700. The molecule has 0 unspecified atom stereocenters. The van der Waals surface area contributed by atoms with Crippen molar-refractivity contribution in [1.29, 1.82) is 0 Å². The van der Waals surface area contributed by atoms with E-state index in [1.807, 2.05) is 18.2 Å². The average Bonchev–Trinajstić information content (AvgIpc) is 2.45. The van der Waals surface area contributed by atoms with Crippen LogP contribution in [-0.4, -0.2) is 28.3 Å². The first kappa shape index (κ1) is 23.2. The Balaban J connectivity index is 3.38. The summed E-state index contributed by atoms with van der Waals surface area (Å²) in [5.41, 5.74) is 6.41. The molecule has 0 amide bonds. The number of nitrogens with two attached hydrogens (primary N) is 1. The predicted molar refractivity (Wildman–Crippen MR) is 116 cm³/mol. The first-order valence-corrected chi connectivity index (χ1v) is 15.2. The standard InChI is InChI=1S/C20H39NO3Si2/c1-19(2,3)25(7,8)23-17-12-11-15(16(22)14-21)13-18(17)24-26(9,10)20(4,5)6/h11-13,16,22H,14,21H2,1-10H3/t16-/m1/s1. The van der Waals surface area contributed by atoms with Crippen molar-refractivity contribution in [2.24, 2.45) is 5.73 Å². The lowest BCUT2D eigenvalue weighted by Gasteiger charge is -2.40. The molecular formula is C20H39NO3Si2. The van der Waals surface area contributed by atoms with Crippen molar-refractivity contribution >= 4 is 16.6 Å². The second-order valence-electron chi connectivity index (χ2n) is 10.2. The highest BCUT2D eigenvalue weighted by Crippen LogP contribution is 2.44. The van der Waals surface area contributed by atoms with E-state index in [0.717, 1.165) is 17.1 Å². The first-order chi connectivity index (χ1) is 11.5. The second kappa shape index (κ2) is 7.66. The van der Waals surface area contributed by atoms with Crippen LogP contribution >= 0.6 is 0 Å². The van der Waals surface area contributed by atoms with Crippen LogP contribution in [0.15, 0.2) is 18.2 Å². The van der Waals surface area contributed by atoms with Crippen molar-refractivity contribution in [1.82, 2.24) is 0 Å². The summed E-state index contributed by atoms with van der Waals surface area (Å²) in [4.78, 5) is 0. The smallest absolute Gasteiger partial charge is 0.250 e. The molecule has 0 saturated carbocycles. The van der Waals surface area contributed by atoms with E-state index >= 15 is 0 Å². The zero-order chi connectivity index (χ0) is 20.6. The van der Waals surface area contributed by atoms with Gasteiger partial charge in [0.2, 0.25) is 0 Å². The monoisotopic (exact) mass is 397 g/mol. The van der Waals surface area contributed by atoms with Gasteiger partial charge >= 0.3 is 0 Å². The zero-order valence-corrected chi connectivity index (χ0v) is 20.4. The highest BCUT2D eigenvalue weighted by atomic mass is 28.4. The van der Waals surface area contributed by atoms with Gasteiger partial charge < -0.3 is 19.7 Å². The molecule has 1 aromatic rings. The number of hydrogen-bond donors (Lipinski definition) is 2. The Bertz CT molecular complexity index is 616. The molecule has 1 rings (SSSR count). The minimum absolute atomic E-state index is 0.0731. The van der Waals surface area contributed by atoms with Crippen LogP contribution in [0.5, 0.6) is 11.5 Å². The van der Waals surface area contributed by atoms with Crippen molar-refractivity contribution in [3.8, 4) is 11.5 Å². The Hall–Kier alpha value is -0.826. The van der Waals surface area contributed by atoms with Crippen molar-refractivity contribution < 1.29 is 14.0 Å². The summed E-state index contributed by atoms with van der Waals surface area (Å²) in [5, 5.41) is 10.3. The molecular weight excluding hydrogens is 358 g/mol. The van der Waals surface area contributed by atoms with Gasteiger partial charge in [0.15, 0.2) is 0 Å². The molecule has 0 bridgehead atoms. The first-order valence-electron chi connectivity index (χ1n) is 9.42. The Kier molecular flexibility index (Phi) is 6.84. The Labute approximate surface area is 162 Å². The quantitative estimate of drug-likeness (QED) is 0.627. The summed E-state index contributed by atoms with van der Waals surface area (Å²) >= 11 is 0. The zero-order valence-electron chi connectivity index (χ0n) is 18.4. The van der Waals surface area contributed by atoms with E-state index in [0.29, 0.717) is 0 Å². The molecule has 150 valence electrons. The van der Waals surface area contributed by atoms with Gasteiger partial charge in [-0.25, -0.2) is 0 Å². The topological polar surface area (TPSA) is 64.7 Å². The summed E-state index contributed by atoms with van der Waals surface area (Å²) in [5.74, 6) is 1.50. The summed E-state index contributed by atoms with van der Waals surface area (Å²) < 4.78 is 13.1. The number of benzene rings is 1. The van der Waals surface area contributed by atoms with Gasteiger partial charge in [-0.15, -0.1) is 0 Å². The van der Waals surface area contributed by atoms with Crippen molar-refractivity contribution in [2.45, 2.75) is 83.9 Å². The average molecular weight is 398 g/mol. The third-order valence-electron chi connectivity index (χ3n) is 5.92. The molecule has 1 aromatic carbocycles. The maximum Gasteiger partial charge on any atom is 0.250 e. The molecule has 1 atom stereocenters. The van der Waals surface area contributed by atoms with E-state index in [1.165, 1.54) is 0 Å². The summed E-state index contributed by atoms with van der Waals surface area (Å²) in [7, 11) is -4.05. The number of aliphatic hydroxyl groups is 1. The maximum atomic E-state index is 10.2.